The van der Waals surface area contributed by atoms with Gasteiger partial charge in [0.2, 0.25) is 0 Å². The standard InChI is InChI=1S/C9H18N4S/c1-6-5-13(3)7(2)4-8(6)11-12-9(10)14/h6-7H,4-5H2,1-3H3,(H3,10,12,14)/t6-,7-/m0/s1. The van der Waals surface area contributed by atoms with E-state index in [2.05, 4.69) is 36.3 Å². The van der Waals surface area contributed by atoms with Crippen LogP contribution in [0.15, 0.2) is 5.10 Å². The van der Waals surface area contributed by atoms with Crippen molar-refractivity contribution in [2.45, 2.75) is 26.3 Å². The van der Waals surface area contributed by atoms with Gasteiger partial charge in [-0.1, -0.05) is 6.92 Å². The average Bonchev–Trinajstić information content (AvgIpc) is 2.09. The molecule has 0 radical (unpaired) electrons. The Morgan fingerprint density at radius 1 is 1.64 bits per heavy atom. The van der Waals surface area contributed by atoms with Crippen molar-refractivity contribution in [2.75, 3.05) is 13.6 Å². The quantitative estimate of drug-likeness (QED) is 0.494. The van der Waals surface area contributed by atoms with Crippen molar-refractivity contribution < 1.29 is 0 Å². The first kappa shape index (κ1) is 11.4. The van der Waals surface area contributed by atoms with E-state index in [1.54, 1.807) is 0 Å². The van der Waals surface area contributed by atoms with Gasteiger partial charge in [-0.15, -0.1) is 0 Å². The van der Waals surface area contributed by atoms with Crippen LogP contribution in [0.25, 0.3) is 0 Å². The van der Waals surface area contributed by atoms with E-state index in [-0.39, 0.29) is 5.11 Å². The third kappa shape index (κ3) is 2.92. The van der Waals surface area contributed by atoms with E-state index >= 15 is 0 Å². The lowest BCUT2D eigenvalue weighted by atomic mass is 9.93. The molecule has 0 aromatic carbocycles. The summed E-state index contributed by atoms with van der Waals surface area (Å²) in [5.41, 5.74) is 9.14. The predicted molar refractivity (Wildman–Crippen MR) is 63.2 cm³/mol. The highest BCUT2D eigenvalue weighted by Gasteiger charge is 2.25. The van der Waals surface area contributed by atoms with Crippen LogP contribution in [0.5, 0.6) is 0 Å². The fourth-order valence-electron chi connectivity index (χ4n) is 1.66. The van der Waals surface area contributed by atoms with Crippen molar-refractivity contribution in [3.05, 3.63) is 0 Å². The zero-order valence-electron chi connectivity index (χ0n) is 8.95. The molecule has 0 aromatic heterocycles. The van der Waals surface area contributed by atoms with Gasteiger partial charge in [0, 0.05) is 30.6 Å². The molecule has 1 heterocycles. The zero-order chi connectivity index (χ0) is 10.7. The molecule has 1 saturated heterocycles. The van der Waals surface area contributed by atoms with Crippen LogP contribution in [0.3, 0.4) is 0 Å². The summed E-state index contributed by atoms with van der Waals surface area (Å²) in [4.78, 5) is 2.34. The Morgan fingerprint density at radius 2 is 2.29 bits per heavy atom. The number of likely N-dealkylation sites (tertiary alicyclic amines) is 1. The second-order valence-corrected chi connectivity index (χ2v) is 4.41. The molecule has 2 atom stereocenters. The number of rotatable bonds is 1. The van der Waals surface area contributed by atoms with Crippen molar-refractivity contribution in [3.63, 3.8) is 0 Å². The third-order valence-electron chi connectivity index (χ3n) is 2.70. The molecule has 1 aliphatic heterocycles. The summed E-state index contributed by atoms with van der Waals surface area (Å²) >= 11 is 4.70. The number of thiocarbonyl (C=S) groups is 1. The Hall–Kier alpha value is -0.680. The largest absolute Gasteiger partial charge is 0.375 e. The number of hydrogen-bond acceptors (Lipinski definition) is 3. The summed E-state index contributed by atoms with van der Waals surface area (Å²) in [6, 6.07) is 0.540. The highest BCUT2D eigenvalue weighted by molar-refractivity contribution is 7.80. The van der Waals surface area contributed by atoms with Crippen LogP contribution in [0.2, 0.25) is 0 Å². The van der Waals surface area contributed by atoms with Crippen molar-refractivity contribution in [2.24, 2.45) is 16.8 Å². The molecule has 3 N–H and O–H groups in total. The molecule has 80 valence electrons. The topological polar surface area (TPSA) is 53.6 Å². The number of nitrogens with one attached hydrogen (secondary N) is 1. The van der Waals surface area contributed by atoms with E-state index in [1.807, 2.05) is 0 Å². The van der Waals surface area contributed by atoms with Crippen LogP contribution in [-0.4, -0.2) is 35.4 Å². The van der Waals surface area contributed by atoms with Crippen molar-refractivity contribution >= 4 is 23.0 Å². The lowest BCUT2D eigenvalue weighted by molar-refractivity contribution is 0.225. The first-order chi connectivity index (χ1) is 6.50. The van der Waals surface area contributed by atoms with Gasteiger partial charge in [0.15, 0.2) is 5.11 Å². The summed E-state index contributed by atoms with van der Waals surface area (Å²) in [6.07, 6.45) is 0.979. The molecule has 1 fully saturated rings. The van der Waals surface area contributed by atoms with Crippen LogP contribution in [0.4, 0.5) is 0 Å². The molecule has 0 aromatic rings. The van der Waals surface area contributed by atoms with E-state index < -0.39 is 0 Å². The molecule has 1 rings (SSSR count). The lowest BCUT2D eigenvalue weighted by Crippen LogP contribution is -2.44. The van der Waals surface area contributed by atoms with Crippen molar-refractivity contribution in [3.8, 4) is 0 Å². The minimum absolute atomic E-state index is 0.233. The van der Waals surface area contributed by atoms with E-state index in [0.29, 0.717) is 12.0 Å². The van der Waals surface area contributed by atoms with Crippen LogP contribution < -0.4 is 11.2 Å². The summed E-state index contributed by atoms with van der Waals surface area (Å²) in [6.45, 7) is 5.41. The molecule has 14 heavy (non-hydrogen) atoms. The summed E-state index contributed by atoms with van der Waals surface area (Å²) in [5, 5.41) is 4.46. The Bertz CT molecular complexity index is 251. The Kier molecular flexibility index (Phi) is 3.83. The molecule has 5 heteroatoms. The minimum Gasteiger partial charge on any atom is -0.375 e. The van der Waals surface area contributed by atoms with E-state index in [0.717, 1.165) is 18.7 Å². The summed E-state index contributed by atoms with van der Waals surface area (Å²) in [5.74, 6) is 0.470. The zero-order valence-corrected chi connectivity index (χ0v) is 9.77. The second-order valence-electron chi connectivity index (χ2n) is 3.97. The highest BCUT2D eigenvalue weighted by Crippen LogP contribution is 2.17. The first-order valence-corrected chi connectivity index (χ1v) is 5.23. The number of hydrogen-bond donors (Lipinski definition) is 2. The molecule has 0 aliphatic carbocycles. The minimum atomic E-state index is 0.233. The maximum Gasteiger partial charge on any atom is 0.184 e. The van der Waals surface area contributed by atoms with Crippen LogP contribution in [-0.2, 0) is 0 Å². The number of hydrazone groups is 1. The number of nitrogens with zero attached hydrogens (tertiary/aromatic N) is 2. The van der Waals surface area contributed by atoms with E-state index in [9.17, 15) is 0 Å². The Morgan fingerprint density at radius 3 is 2.86 bits per heavy atom. The van der Waals surface area contributed by atoms with Crippen molar-refractivity contribution in [1.82, 2.24) is 10.3 Å². The summed E-state index contributed by atoms with van der Waals surface area (Å²) < 4.78 is 0. The smallest absolute Gasteiger partial charge is 0.184 e. The van der Waals surface area contributed by atoms with Gasteiger partial charge >= 0.3 is 0 Å². The molecule has 1 aliphatic rings. The highest BCUT2D eigenvalue weighted by atomic mass is 32.1. The Balaban J connectivity index is 2.60. The van der Waals surface area contributed by atoms with Gasteiger partial charge in [-0.3, -0.25) is 5.43 Å². The lowest BCUT2D eigenvalue weighted by Gasteiger charge is -2.34. The molecule has 4 nitrogen and oxygen atoms in total. The van der Waals surface area contributed by atoms with Crippen molar-refractivity contribution in [1.29, 1.82) is 0 Å². The third-order valence-corrected chi connectivity index (χ3v) is 2.79. The molecule has 0 bridgehead atoms. The van der Waals surface area contributed by atoms with Gasteiger partial charge in [0.05, 0.1) is 0 Å². The normalized spacial score (nSPS) is 31.8. The number of piperidine rings is 1. The average molecular weight is 214 g/mol. The molecular weight excluding hydrogens is 196 g/mol. The van der Waals surface area contributed by atoms with Crippen LogP contribution in [0.1, 0.15) is 20.3 Å². The Labute approximate surface area is 90.5 Å². The summed E-state index contributed by atoms with van der Waals surface area (Å²) in [7, 11) is 2.14. The maximum atomic E-state index is 5.32. The van der Waals surface area contributed by atoms with Gasteiger partial charge in [-0.25, -0.2) is 0 Å². The molecule has 0 unspecified atom stereocenters. The fraction of sp³-hybridized carbons (Fsp3) is 0.778. The maximum absolute atomic E-state index is 5.32. The number of nitrogens with two attached hydrogens (primary N) is 1. The first-order valence-electron chi connectivity index (χ1n) is 4.83. The van der Waals surface area contributed by atoms with Gasteiger partial charge in [0.25, 0.3) is 0 Å². The monoisotopic (exact) mass is 214 g/mol. The molecule has 0 amide bonds. The second kappa shape index (κ2) is 4.70. The van der Waals surface area contributed by atoms with Gasteiger partial charge in [0.1, 0.15) is 0 Å². The molecule has 0 saturated carbocycles. The van der Waals surface area contributed by atoms with Crippen LogP contribution in [0, 0.1) is 5.92 Å². The predicted octanol–water partition coefficient (Wildman–Crippen LogP) is 0.536. The molecule has 0 spiro atoms. The fourth-order valence-corrected chi connectivity index (χ4v) is 1.71. The van der Waals surface area contributed by atoms with Gasteiger partial charge in [-0.2, -0.15) is 5.10 Å². The van der Waals surface area contributed by atoms with Gasteiger partial charge < -0.3 is 10.6 Å². The molecular formula is C9H18N4S. The SMILES string of the molecule is C[C@H]1CN(C)[C@@H](C)CC1=NNC(N)=S. The van der Waals surface area contributed by atoms with Gasteiger partial charge in [-0.05, 0) is 26.2 Å². The van der Waals surface area contributed by atoms with Crippen LogP contribution >= 0.6 is 12.2 Å². The van der Waals surface area contributed by atoms with E-state index in [4.69, 9.17) is 18.0 Å². The van der Waals surface area contributed by atoms with E-state index in [1.165, 1.54) is 0 Å².